The van der Waals surface area contributed by atoms with E-state index < -0.39 is 5.97 Å². The molecule has 0 spiro atoms. The average molecular weight is 239 g/mol. The summed E-state index contributed by atoms with van der Waals surface area (Å²) >= 11 is 0. The summed E-state index contributed by atoms with van der Waals surface area (Å²) in [7, 11) is 0. The summed E-state index contributed by atoms with van der Waals surface area (Å²) in [6.45, 7) is 0.453. The van der Waals surface area contributed by atoms with Crippen LogP contribution in [0.4, 0.5) is 0 Å². The fourth-order valence-corrected chi connectivity index (χ4v) is 2.17. The van der Waals surface area contributed by atoms with Crippen molar-refractivity contribution in [2.24, 2.45) is 0 Å². The summed E-state index contributed by atoms with van der Waals surface area (Å²) in [6, 6.07) is 3.17. The number of aliphatic hydroxyl groups excluding tert-OH is 1. The fraction of sp³-hybridized carbons (Fsp3) is 0.583. The Hall–Kier alpha value is -1.33. The molecule has 5 nitrogen and oxygen atoms in total. The lowest BCUT2D eigenvalue weighted by Gasteiger charge is -2.28. The van der Waals surface area contributed by atoms with Crippen molar-refractivity contribution in [1.29, 1.82) is 0 Å². The number of aliphatic hydroxyl groups is 1. The third kappa shape index (κ3) is 3.08. The highest BCUT2D eigenvalue weighted by Gasteiger charge is 2.22. The smallest absolute Gasteiger partial charge is 0.371 e. The first kappa shape index (κ1) is 12.1. The van der Waals surface area contributed by atoms with Crippen molar-refractivity contribution in [3.05, 3.63) is 23.7 Å². The molecule has 2 unspecified atom stereocenters. The number of carboxylic acid groups (broad SMARTS) is 1. The van der Waals surface area contributed by atoms with Crippen molar-refractivity contribution < 1.29 is 19.4 Å². The summed E-state index contributed by atoms with van der Waals surface area (Å²) in [5.41, 5.74) is 0. The van der Waals surface area contributed by atoms with E-state index in [4.69, 9.17) is 9.52 Å². The van der Waals surface area contributed by atoms with Crippen molar-refractivity contribution in [2.75, 3.05) is 0 Å². The fourth-order valence-electron chi connectivity index (χ4n) is 2.17. The first-order chi connectivity index (χ1) is 8.16. The Labute approximate surface area is 99.4 Å². The van der Waals surface area contributed by atoms with E-state index in [1.165, 1.54) is 6.07 Å². The molecule has 0 aromatic carbocycles. The van der Waals surface area contributed by atoms with E-state index in [1.54, 1.807) is 6.07 Å². The molecule has 0 amide bonds. The minimum atomic E-state index is -1.06. The lowest BCUT2D eigenvalue weighted by molar-refractivity contribution is 0.0657. The third-order valence-electron chi connectivity index (χ3n) is 3.14. The van der Waals surface area contributed by atoms with Gasteiger partial charge in [-0.3, -0.25) is 0 Å². The highest BCUT2D eigenvalue weighted by Crippen LogP contribution is 2.19. The second-order valence-corrected chi connectivity index (χ2v) is 4.41. The second-order valence-electron chi connectivity index (χ2n) is 4.41. The molecular weight excluding hydrogens is 222 g/mol. The maximum Gasteiger partial charge on any atom is 0.371 e. The van der Waals surface area contributed by atoms with Crippen molar-refractivity contribution >= 4 is 5.97 Å². The van der Waals surface area contributed by atoms with Crippen LogP contribution >= 0.6 is 0 Å². The van der Waals surface area contributed by atoms with Gasteiger partial charge in [0.25, 0.3) is 0 Å². The van der Waals surface area contributed by atoms with Crippen molar-refractivity contribution in [3.63, 3.8) is 0 Å². The number of hydrogen-bond acceptors (Lipinski definition) is 4. The maximum absolute atomic E-state index is 10.6. The van der Waals surface area contributed by atoms with E-state index in [-0.39, 0.29) is 17.9 Å². The summed E-state index contributed by atoms with van der Waals surface area (Å²) in [5.74, 6) is -0.528. The first-order valence-electron chi connectivity index (χ1n) is 5.90. The molecule has 1 aliphatic carbocycles. The molecule has 94 valence electrons. The lowest BCUT2D eigenvalue weighted by atomic mass is 9.92. The molecule has 1 aromatic heterocycles. The Bertz CT molecular complexity index is 388. The predicted molar refractivity (Wildman–Crippen MR) is 60.8 cm³/mol. The number of carboxylic acids is 1. The zero-order chi connectivity index (χ0) is 12.3. The van der Waals surface area contributed by atoms with Crippen LogP contribution in [0.3, 0.4) is 0 Å². The van der Waals surface area contributed by atoms with Crippen LogP contribution in [0.25, 0.3) is 0 Å². The largest absolute Gasteiger partial charge is 0.475 e. The van der Waals surface area contributed by atoms with Gasteiger partial charge >= 0.3 is 5.97 Å². The molecule has 1 aliphatic rings. The molecule has 3 N–H and O–H groups in total. The summed E-state index contributed by atoms with van der Waals surface area (Å²) in [6.07, 6.45) is 3.66. The van der Waals surface area contributed by atoms with Gasteiger partial charge in [-0.25, -0.2) is 4.79 Å². The standard InChI is InChI=1S/C12H17NO4/c14-10-4-2-1-3-9(10)13-7-8-5-6-11(17-8)12(15)16/h5-6,9-10,13-14H,1-4,7H2,(H,15,16). The van der Waals surface area contributed by atoms with E-state index in [0.29, 0.717) is 12.3 Å². The number of rotatable bonds is 4. The third-order valence-corrected chi connectivity index (χ3v) is 3.14. The van der Waals surface area contributed by atoms with Crippen LogP contribution in [-0.2, 0) is 6.54 Å². The molecule has 1 aromatic rings. The van der Waals surface area contributed by atoms with Gasteiger partial charge in [0, 0.05) is 6.04 Å². The van der Waals surface area contributed by atoms with Crippen LogP contribution in [-0.4, -0.2) is 28.3 Å². The van der Waals surface area contributed by atoms with Gasteiger partial charge in [0.05, 0.1) is 12.6 Å². The molecule has 5 heteroatoms. The van der Waals surface area contributed by atoms with Crippen LogP contribution in [0.15, 0.2) is 16.5 Å². The SMILES string of the molecule is O=C(O)c1ccc(CNC2CCCCC2O)o1. The van der Waals surface area contributed by atoms with E-state index in [1.807, 2.05) is 0 Å². The zero-order valence-corrected chi connectivity index (χ0v) is 9.56. The number of carbonyl (C=O) groups is 1. The van der Waals surface area contributed by atoms with Gasteiger partial charge in [-0.1, -0.05) is 12.8 Å². The topological polar surface area (TPSA) is 82.7 Å². The Morgan fingerprint density at radius 2 is 2.18 bits per heavy atom. The summed E-state index contributed by atoms with van der Waals surface area (Å²) < 4.78 is 5.13. The first-order valence-corrected chi connectivity index (χ1v) is 5.90. The van der Waals surface area contributed by atoms with Crippen LogP contribution in [0.2, 0.25) is 0 Å². The molecule has 0 bridgehead atoms. The van der Waals surface area contributed by atoms with Gasteiger partial charge < -0.3 is 19.9 Å². The number of furan rings is 1. The second kappa shape index (κ2) is 5.33. The van der Waals surface area contributed by atoms with E-state index in [2.05, 4.69) is 5.32 Å². The van der Waals surface area contributed by atoms with Gasteiger partial charge in [-0.05, 0) is 25.0 Å². The van der Waals surface area contributed by atoms with Crippen LogP contribution in [0.5, 0.6) is 0 Å². The highest BCUT2D eigenvalue weighted by atomic mass is 16.4. The molecule has 0 radical (unpaired) electrons. The molecule has 2 rings (SSSR count). The minimum absolute atomic E-state index is 0.0500. The van der Waals surface area contributed by atoms with Crippen molar-refractivity contribution in [3.8, 4) is 0 Å². The molecule has 17 heavy (non-hydrogen) atoms. The van der Waals surface area contributed by atoms with Crippen LogP contribution in [0, 0.1) is 0 Å². The Morgan fingerprint density at radius 1 is 1.41 bits per heavy atom. The Kier molecular flexibility index (Phi) is 3.81. The zero-order valence-electron chi connectivity index (χ0n) is 9.56. The monoisotopic (exact) mass is 239 g/mol. The van der Waals surface area contributed by atoms with Gasteiger partial charge in [0.2, 0.25) is 5.76 Å². The van der Waals surface area contributed by atoms with Gasteiger partial charge in [0.15, 0.2) is 0 Å². The number of hydrogen-bond donors (Lipinski definition) is 3. The molecule has 0 aliphatic heterocycles. The number of nitrogens with one attached hydrogen (secondary N) is 1. The van der Waals surface area contributed by atoms with E-state index in [9.17, 15) is 9.90 Å². The lowest BCUT2D eigenvalue weighted by Crippen LogP contribution is -2.41. The maximum atomic E-state index is 10.6. The van der Waals surface area contributed by atoms with E-state index >= 15 is 0 Å². The Balaban J connectivity index is 1.86. The number of aromatic carboxylic acids is 1. The van der Waals surface area contributed by atoms with E-state index in [0.717, 1.165) is 25.7 Å². The van der Waals surface area contributed by atoms with Crippen LogP contribution in [0.1, 0.15) is 42.0 Å². The average Bonchev–Trinajstić information content (AvgIpc) is 2.77. The van der Waals surface area contributed by atoms with Gasteiger partial charge in [-0.15, -0.1) is 0 Å². The van der Waals surface area contributed by atoms with Crippen molar-refractivity contribution in [1.82, 2.24) is 5.32 Å². The van der Waals surface area contributed by atoms with Gasteiger partial charge in [0.1, 0.15) is 5.76 Å². The van der Waals surface area contributed by atoms with Gasteiger partial charge in [-0.2, -0.15) is 0 Å². The summed E-state index contributed by atoms with van der Waals surface area (Å²) in [5, 5.41) is 21.7. The minimum Gasteiger partial charge on any atom is -0.475 e. The predicted octanol–water partition coefficient (Wildman–Crippen LogP) is 1.37. The molecule has 1 saturated carbocycles. The normalized spacial score (nSPS) is 24.8. The van der Waals surface area contributed by atoms with Crippen LogP contribution < -0.4 is 5.32 Å². The molecule has 1 fully saturated rings. The highest BCUT2D eigenvalue weighted by molar-refractivity contribution is 5.84. The molecule has 2 atom stereocenters. The summed E-state index contributed by atoms with van der Waals surface area (Å²) in [4.78, 5) is 10.6. The quantitative estimate of drug-likeness (QED) is 0.739. The molecule has 1 heterocycles. The molecule has 0 saturated heterocycles. The molecular formula is C12H17NO4. The Morgan fingerprint density at radius 3 is 2.82 bits per heavy atom. The van der Waals surface area contributed by atoms with Crippen molar-refractivity contribution in [2.45, 2.75) is 44.4 Å².